The molecule has 1 aliphatic heterocycles. The molecule has 1 aromatic rings. The van der Waals surface area contributed by atoms with Crippen LogP contribution in [0.15, 0.2) is 29.3 Å². The molecule has 1 heterocycles. The molecule has 0 saturated carbocycles. The second-order valence-corrected chi connectivity index (χ2v) is 5.50. The number of nitrogens with zero attached hydrogens (tertiary/aromatic N) is 2. The van der Waals surface area contributed by atoms with E-state index in [-0.39, 0.29) is 16.3 Å². The summed E-state index contributed by atoms with van der Waals surface area (Å²) >= 11 is 1.33. The molecule has 18 heavy (non-hydrogen) atoms. The number of thioether (sulfide) groups is 1. The highest BCUT2D eigenvalue weighted by Gasteiger charge is 2.31. The van der Waals surface area contributed by atoms with Crippen molar-refractivity contribution in [2.45, 2.75) is 11.3 Å². The summed E-state index contributed by atoms with van der Waals surface area (Å²) in [6.07, 6.45) is 0. The van der Waals surface area contributed by atoms with Crippen molar-refractivity contribution in [2.75, 3.05) is 19.0 Å². The molecule has 0 unspecified atom stereocenters. The van der Waals surface area contributed by atoms with E-state index < -0.39 is 6.04 Å². The van der Waals surface area contributed by atoms with Gasteiger partial charge in [0.1, 0.15) is 6.04 Å². The third-order valence-electron chi connectivity index (χ3n) is 2.82. The van der Waals surface area contributed by atoms with Crippen LogP contribution in [0.1, 0.15) is 10.8 Å². The van der Waals surface area contributed by atoms with Crippen LogP contribution in [0.4, 0.5) is 5.69 Å². The lowest BCUT2D eigenvalue weighted by molar-refractivity contribution is -0.119. The van der Waals surface area contributed by atoms with Crippen molar-refractivity contribution >= 4 is 28.5 Å². The zero-order valence-electron chi connectivity index (χ0n) is 10.3. The lowest BCUT2D eigenvalue weighted by atomic mass is 10.0. The molecule has 2 rings (SSSR count). The third kappa shape index (κ3) is 2.49. The lowest BCUT2D eigenvalue weighted by Gasteiger charge is -2.25. The van der Waals surface area contributed by atoms with Crippen molar-refractivity contribution in [1.82, 2.24) is 0 Å². The van der Waals surface area contributed by atoms with Crippen LogP contribution in [0.2, 0.25) is 0 Å². The molecule has 0 spiro atoms. The molecule has 5 nitrogen and oxygen atoms in total. The normalized spacial score (nSPS) is 23.7. The monoisotopic (exact) mass is 264 g/mol. The van der Waals surface area contributed by atoms with Gasteiger partial charge in [-0.15, -0.1) is 0 Å². The van der Waals surface area contributed by atoms with Crippen LogP contribution in [-0.4, -0.2) is 31.2 Å². The summed E-state index contributed by atoms with van der Waals surface area (Å²) in [4.78, 5) is 17.2. The number of amides is 1. The van der Waals surface area contributed by atoms with Gasteiger partial charge < -0.3 is 16.4 Å². The van der Waals surface area contributed by atoms with E-state index in [0.29, 0.717) is 0 Å². The van der Waals surface area contributed by atoms with Gasteiger partial charge in [0.05, 0.1) is 5.25 Å². The van der Waals surface area contributed by atoms with Crippen molar-refractivity contribution in [3.63, 3.8) is 0 Å². The molecule has 1 amide bonds. The number of carbonyl (C=O) groups is 1. The fourth-order valence-electron chi connectivity index (χ4n) is 1.78. The van der Waals surface area contributed by atoms with Crippen LogP contribution in [0.5, 0.6) is 0 Å². The molecule has 0 aliphatic carbocycles. The Bertz CT molecular complexity index is 483. The Morgan fingerprint density at radius 1 is 1.28 bits per heavy atom. The first-order valence-corrected chi connectivity index (χ1v) is 6.44. The second-order valence-electron chi connectivity index (χ2n) is 4.34. The maximum atomic E-state index is 11.5. The molecule has 0 fully saturated rings. The molecule has 4 N–H and O–H groups in total. The van der Waals surface area contributed by atoms with Crippen LogP contribution in [-0.2, 0) is 4.79 Å². The van der Waals surface area contributed by atoms with Gasteiger partial charge >= 0.3 is 0 Å². The summed E-state index contributed by atoms with van der Waals surface area (Å²) in [5.41, 5.74) is 13.6. The minimum Gasteiger partial charge on any atom is -0.378 e. The van der Waals surface area contributed by atoms with Gasteiger partial charge in [-0.3, -0.25) is 4.79 Å². The van der Waals surface area contributed by atoms with E-state index in [9.17, 15) is 4.79 Å². The van der Waals surface area contributed by atoms with Gasteiger partial charge in [0.15, 0.2) is 5.17 Å². The van der Waals surface area contributed by atoms with Crippen molar-refractivity contribution in [3.05, 3.63) is 29.8 Å². The van der Waals surface area contributed by atoms with Gasteiger partial charge in [0.2, 0.25) is 0 Å². The number of hydrogen-bond donors (Lipinski definition) is 2. The summed E-state index contributed by atoms with van der Waals surface area (Å²) in [7, 11) is 3.95. The first-order chi connectivity index (χ1) is 8.49. The number of amidine groups is 1. The number of aliphatic imine (C=N–C) groups is 1. The Labute approximate surface area is 110 Å². The predicted molar refractivity (Wildman–Crippen MR) is 75.7 cm³/mol. The van der Waals surface area contributed by atoms with Crippen LogP contribution in [0, 0.1) is 0 Å². The first-order valence-electron chi connectivity index (χ1n) is 5.56. The summed E-state index contributed by atoms with van der Waals surface area (Å²) in [6, 6.07) is 7.30. The molecule has 1 aromatic carbocycles. The zero-order chi connectivity index (χ0) is 13.3. The summed E-state index contributed by atoms with van der Waals surface area (Å²) in [5, 5.41) is 0.120. The Balaban J connectivity index is 2.26. The number of anilines is 1. The molecule has 0 aromatic heterocycles. The van der Waals surface area contributed by atoms with Gasteiger partial charge in [-0.05, 0) is 17.7 Å². The second kappa shape index (κ2) is 4.99. The average molecular weight is 264 g/mol. The highest BCUT2D eigenvalue weighted by atomic mass is 32.2. The summed E-state index contributed by atoms with van der Waals surface area (Å²) in [5.74, 6) is -0.354. The van der Waals surface area contributed by atoms with E-state index >= 15 is 0 Å². The Hall–Kier alpha value is -1.53. The van der Waals surface area contributed by atoms with E-state index in [0.717, 1.165) is 11.3 Å². The number of hydrogen-bond acceptors (Lipinski definition) is 5. The molecule has 96 valence electrons. The molecule has 6 heteroatoms. The number of benzene rings is 1. The number of nitrogens with two attached hydrogens (primary N) is 2. The van der Waals surface area contributed by atoms with E-state index in [4.69, 9.17) is 11.5 Å². The quantitative estimate of drug-likeness (QED) is 0.821. The molecule has 1 aliphatic rings. The van der Waals surface area contributed by atoms with E-state index in [1.54, 1.807) is 0 Å². The standard InChI is InChI=1S/C12H16N4OS/c1-16(2)8-5-3-7(4-6-8)10-9(13)11(17)15-12(14)18-10/h3-6,9-10H,13H2,1-2H3,(H2,14,15,17)/t9-,10-/m1/s1. The predicted octanol–water partition coefficient (Wildman–Crippen LogP) is 0.709. The molecule has 0 saturated heterocycles. The zero-order valence-corrected chi connectivity index (χ0v) is 11.1. The van der Waals surface area contributed by atoms with Crippen LogP contribution in [0.25, 0.3) is 0 Å². The smallest absolute Gasteiger partial charge is 0.266 e. The lowest BCUT2D eigenvalue weighted by Crippen LogP contribution is -2.39. The van der Waals surface area contributed by atoms with Crippen molar-refractivity contribution < 1.29 is 4.79 Å². The molecule has 2 atom stereocenters. The van der Waals surface area contributed by atoms with Gasteiger partial charge in [-0.25, -0.2) is 0 Å². The van der Waals surface area contributed by atoms with E-state index in [1.165, 1.54) is 11.8 Å². The van der Waals surface area contributed by atoms with Crippen LogP contribution < -0.4 is 16.4 Å². The van der Waals surface area contributed by atoms with Crippen LogP contribution >= 0.6 is 11.8 Å². The topological polar surface area (TPSA) is 84.7 Å². The largest absolute Gasteiger partial charge is 0.378 e. The van der Waals surface area contributed by atoms with Crippen molar-refractivity contribution in [2.24, 2.45) is 16.5 Å². The summed E-state index contributed by atoms with van der Waals surface area (Å²) in [6.45, 7) is 0. The third-order valence-corrected chi connectivity index (χ3v) is 3.97. The van der Waals surface area contributed by atoms with Gasteiger partial charge in [0, 0.05) is 19.8 Å². The Kier molecular flexibility index (Phi) is 3.58. The van der Waals surface area contributed by atoms with E-state index in [1.807, 2.05) is 43.3 Å². The minimum absolute atomic E-state index is 0.161. The van der Waals surface area contributed by atoms with E-state index in [2.05, 4.69) is 4.99 Å². The highest BCUT2D eigenvalue weighted by Crippen LogP contribution is 2.35. The molecule has 0 bridgehead atoms. The van der Waals surface area contributed by atoms with Gasteiger partial charge in [-0.1, -0.05) is 23.9 Å². The average Bonchev–Trinajstić information content (AvgIpc) is 2.34. The Morgan fingerprint density at radius 2 is 1.89 bits per heavy atom. The molecule has 0 radical (unpaired) electrons. The minimum atomic E-state index is -0.632. The van der Waals surface area contributed by atoms with Gasteiger partial charge in [-0.2, -0.15) is 4.99 Å². The summed E-state index contributed by atoms with van der Waals surface area (Å²) < 4.78 is 0. The number of carbonyl (C=O) groups excluding carboxylic acids is 1. The molecular weight excluding hydrogens is 248 g/mol. The first kappa shape index (κ1) is 12.9. The molecular formula is C12H16N4OS. The fraction of sp³-hybridized carbons (Fsp3) is 0.333. The maximum absolute atomic E-state index is 11.5. The van der Waals surface area contributed by atoms with Crippen LogP contribution in [0.3, 0.4) is 0 Å². The van der Waals surface area contributed by atoms with Crippen molar-refractivity contribution in [3.8, 4) is 0 Å². The maximum Gasteiger partial charge on any atom is 0.266 e. The fourth-order valence-corrected chi connectivity index (χ4v) is 2.74. The highest BCUT2D eigenvalue weighted by molar-refractivity contribution is 8.14. The Morgan fingerprint density at radius 3 is 2.44 bits per heavy atom. The van der Waals surface area contributed by atoms with Gasteiger partial charge in [0.25, 0.3) is 5.91 Å². The SMILES string of the molecule is CN(C)c1ccc([C@H]2SC(N)=NC(=O)[C@@H]2N)cc1. The van der Waals surface area contributed by atoms with Crippen molar-refractivity contribution in [1.29, 1.82) is 0 Å². The number of rotatable bonds is 2.